The van der Waals surface area contributed by atoms with Gasteiger partial charge in [-0.05, 0) is 56.7 Å². The molecule has 35 heavy (non-hydrogen) atoms. The Labute approximate surface area is 209 Å². The van der Waals surface area contributed by atoms with Crippen LogP contribution in [-0.4, -0.2) is 24.4 Å². The van der Waals surface area contributed by atoms with Gasteiger partial charge in [-0.25, -0.2) is 9.69 Å². The highest BCUT2D eigenvalue weighted by molar-refractivity contribution is 8.04. The number of amides is 2. The van der Waals surface area contributed by atoms with E-state index in [-0.39, 0.29) is 28.5 Å². The van der Waals surface area contributed by atoms with E-state index in [1.807, 2.05) is 69.3 Å². The molecule has 1 aliphatic rings. The highest BCUT2D eigenvalue weighted by atomic mass is 32.2. The molecule has 0 fully saturated rings. The van der Waals surface area contributed by atoms with E-state index in [1.165, 1.54) is 11.8 Å². The number of carbonyl (C=O) groups is 3. The zero-order valence-electron chi connectivity index (χ0n) is 19.8. The van der Waals surface area contributed by atoms with E-state index >= 15 is 0 Å². The van der Waals surface area contributed by atoms with Crippen molar-refractivity contribution in [3.63, 3.8) is 0 Å². The molecular formula is C28H26N2O4S. The first-order valence-corrected chi connectivity index (χ1v) is 12.2. The van der Waals surface area contributed by atoms with Crippen molar-refractivity contribution in [3.05, 3.63) is 100 Å². The number of imide groups is 1. The lowest BCUT2D eigenvalue weighted by Gasteiger charge is -2.18. The second-order valence-electron chi connectivity index (χ2n) is 8.21. The average molecular weight is 487 g/mol. The molecular weight excluding hydrogens is 460 g/mol. The third kappa shape index (κ3) is 5.30. The van der Waals surface area contributed by atoms with Gasteiger partial charge in [-0.1, -0.05) is 66.2 Å². The Morgan fingerprint density at radius 3 is 2.17 bits per heavy atom. The molecule has 6 nitrogen and oxygen atoms in total. The van der Waals surface area contributed by atoms with Gasteiger partial charge in [0.05, 0.1) is 17.9 Å². The van der Waals surface area contributed by atoms with Gasteiger partial charge in [0.2, 0.25) is 0 Å². The van der Waals surface area contributed by atoms with Gasteiger partial charge in [0, 0.05) is 10.6 Å². The average Bonchev–Trinajstić information content (AvgIpc) is 3.09. The molecule has 1 aliphatic heterocycles. The lowest BCUT2D eigenvalue weighted by Crippen LogP contribution is -2.33. The number of hydrogen-bond acceptors (Lipinski definition) is 6. The quantitative estimate of drug-likeness (QED) is 0.318. The van der Waals surface area contributed by atoms with Crippen molar-refractivity contribution in [2.75, 3.05) is 16.8 Å². The van der Waals surface area contributed by atoms with Crippen LogP contribution < -0.4 is 10.2 Å². The number of ether oxygens (including phenoxy) is 1. The van der Waals surface area contributed by atoms with E-state index in [9.17, 15) is 14.4 Å². The van der Waals surface area contributed by atoms with Crippen molar-refractivity contribution in [3.8, 4) is 0 Å². The molecule has 0 saturated heterocycles. The molecule has 7 heteroatoms. The summed E-state index contributed by atoms with van der Waals surface area (Å²) in [6.07, 6.45) is 0.666. The third-order valence-electron chi connectivity index (χ3n) is 5.41. The number of anilines is 2. The van der Waals surface area contributed by atoms with E-state index in [0.29, 0.717) is 12.1 Å². The normalized spacial score (nSPS) is 13.4. The van der Waals surface area contributed by atoms with Crippen LogP contribution in [0.4, 0.5) is 11.4 Å². The van der Waals surface area contributed by atoms with Crippen molar-refractivity contribution in [2.24, 2.45) is 0 Å². The molecule has 3 aromatic rings. The summed E-state index contributed by atoms with van der Waals surface area (Å²) in [5.41, 5.74) is 3.39. The minimum Gasteiger partial charge on any atom is -0.462 e. The zero-order chi connectivity index (χ0) is 24.9. The van der Waals surface area contributed by atoms with Crippen LogP contribution >= 0.6 is 11.8 Å². The maximum absolute atomic E-state index is 13.7. The summed E-state index contributed by atoms with van der Waals surface area (Å²) in [5.74, 6) is -1.59. The Kier molecular flexibility index (Phi) is 7.36. The molecule has 2 amide bonds. The number of thioether (sulfide) groups is 1. The van der Waals surface area contributed by atoms with Gasteiger partial charge in [0.15, 0.2) is 0 Å². The molecule has 0 radical (unpaired) electrons. The molecule has 0 saturated carbocycles. The number of nitrogens with zero attached hydrogens (tertiary/aromatic N) is 1. The molecule has 0 aliphatic carbocycles. The monoisotopic (exact) mass is 486 g/mol. The third-order valence-corrected chi connectivity index (χ3v) is 6.50. The topological polar surface area (TPSA) is 75.7 Å². The number of aryl methyl sites for hydroxylation is 2. The summed E-state index contributed by atoms with van der Waals surface area (Å²) in [7, 11) is 0. The first-order chi connectivity index (χ1) is 16.9. The smallest absolute Gasteiger partial charge is 0.340 e. The fourth-order valence-electron chi connectivity index (χ4n) is 3.55. The van der Waals surface area contributed by atoms with Gasteiger partial charge in [-0.15, -0.1) is 0 Å². The van der Waals surface area contributed by atoms with Gasteiger partial charge in [-0.2, -0.15) is 0 Å². The Balaban J connectivity index is 1.74. The van der Waals surface area contributed by atoms with Crippen LogP contribution in [-0.2, 0) is 14.3 Å². The number of benzene rings is 3. The summed E-state index contributed by atoms with van der Waals surface area (Å²) in [6, 6.07) is 21.8. The fraction of sp³-hybridized carbons (Fsp3) is 0.179. The highest BCUT2D eigenvalue weighted by Crippen LogP contribution is 2.39. The van der Waals surface area contributed by atoms with Gasteiger partial charge in [-0.3, -0.25) is 9.59 Å². The van der Waals surface area contributed by atoms with Crippen LogP contribution in [0, 0.1) is 13.8 Å². The van der Waals surface area contributed by atoms with E-state index in [4.69, 9.17) is 4.74 Å². The molecule has 3 aromatic carbocycles. The summed E-state index contributed by atoms with van der Waals surface area (Å²) < 4.78 is 5.29. The van der Waals surface area contributed by atoms with E-state index in [1.54, 1.807) is 24.3 Å². The molecule has 4 rings (SSSR count). The number of hydrogen-bond donors (Lipinski definition) is 1. The standard InChI is InChI=1S/C28H26N2O4S/c1-4-17-34-28(33)22-7-5-6-8-23(22)30-26(31)24(29-20-13-9-18(2)10-14-20)25(27(30)32)35-21-15-11-19(3)12-16-21/h5-16,29H,4,17H2,1-3H3. The number of esters is 1. The number of rotatable bonds is 8. The van der Waals surface area contributed by atoms with Crippen LogP contribution in [0.25, 0.3) is 0 Å². The maximum atomic E-state index is 13.7. The van der Waals surface area contributed by atoms with E-state index in [2.05, 4.69) is 5.32 Å². The SMILES string of the molecule is CCCOC(=O)c1ccccc1N1C(=O)C(Nc2ccc(C)cc2)=C(Sc2ccc(C)cc2)C1=O. The molecule has 1 heterocycles. The van der Waals surface area contributed by atoms with Crippen LogP contribution in [0.15, 0.2) is 88.3 Å². The summed E-state index contributed by atoms with van der Waals surface area (Å²) >= 11 is 1.22. The molecule has 0 unspecified atom stereocenters. The summed E-state index contributed by atoms with van der Waals surface area (Å²) in [5, 5.41) is 3.14. The first kappa shape index (κ1) is 24.3. The van der Waals surface area contributed by atoms with Crippen LogP contribution in [0.3, 0.4) is 0 Å². The second kappa shape index (κ2) is 10.6. The molecule has 1 N–H and O–H groups in total. The number of para-hydroxylation sites is 1. The van der Waals surface area contributed by atoms with Gasteiger partial charge in [0.1, 0.15) is 10.6 Å². The van der Waals surface area contributed by atoms with Crippen LogP contribution in [0.1, 0.15) is 34.8 Å². The van der Waals surface area contributed by atoms with Gasteiger partial charge in [0.25, 0.3) is 11.8 Å². The van der Waals surface area contributed by atoms with Crippen molar-refractivity contribution in [1.29, 1.82) is 0 Å². The Bertz CT molecular complexity index is 1230. The van der Waals surface area contributed by atoms with E-state index < -0.39 is 17.8 Å². The molecule has 0 aromatic heterocycles. The van der Waals surface area contributed by atoms with Gasteiger partial charge >= 0.3 is 5.97 Å². The summed E-state index contributed by atoms with van der Waals surface area (Å²) in [6.45, 7) is 6.11. The minimum absolute atomic E-state index is 0.166. The molecule has 0 atom stereocenters. The van der Waals surface area contributed by atoms with Crippen molar-refractivity contribution < 1.29 is 19.1 Å². The summed E-state index contributed by atoms with van der Waals surface area (Å²) in [4.78, 5) is 42.2. The lowest BCUT2D eigenvalue weighted by atomic mass is 10.1. The Morgan fingerprint density at radius 1 is 0.886 bits per heavy atom. The van der Waals surface area contributed by atoms with Gasteiger partial charge < -0.3 is 10.1 Å². The lowest BCUT2D eigenvalue weighted by molar-refractivity contribution is -0.120. The van der Waals surface area contributed by atoms with Crippen LogP contribution in [0.2, 0.25) is 0 Å². The zero-order valence-corrected chi connectivity index (χ0v) is 20.6. The van der Waals surface area contributed by atoms with E-state index in [0.717, 1.165) is 20.9 Å². The number of carbonyl (C=O) groups excluding carboxylic acids is 3. The largest absolute Gasteiger partial charge is 0.462 e. The fourth-order valence-corrected chi connectivity index (χ4v) is 4.48. The number of nitrogens with one attached hydrogen (secondary N) is 1. The minimum atomic E-state index is -0.573. The Hall–Kier alpha value is -3.84. The predicted octanol–water partition coefficient (Wildman–Crippen LogP) is 5.86. The maximum Gasteiger partial charge on any atom is 0.340 e. The predicted molar refractivity (Wildman–Crippen MR) is 138 cm³/mol. The van der Waals surface area contributed by atoms with Crippen molar-refractivity contribution in [2.45, 2.75) is 32.1 Å². The Morgan fingerprint density at radius 2 is 1.51 bits per heavy atom. The molecule has 0 bridgehead atoms. The molecule has 178 valence electrons. The highest BCUT2D eigenvalue weighted by Gasteiger charge is 2.41. The van der Waals surface area contributed by atoms with Crippen LogP contribution in [0.5, 0.6) is 0 Å². The second-order valence-corrected chi connectivity index (χ2v) is 9.29. The first-order valence-electron chi connectivity index (χ1n) is 11.4. The molecule has 0 spiro atoms. The van der Waals surface area contributed by atoms with Crippen molar-refractivity contribution >= 4 is 40.9 Å². The van der Waals surface area contributed by atoms with Crippen molar-refractivity contribution in [1.82, 2.24) is 0 Å².